The maximum Gasteiger partial charge on any atom is 0.315 e. The van der Waals surface area contributed by atoms with Crippen LogP contribution < -0.4 is 21.3 Å². The number of aliphatic hydroxyl groups is 1. The fourth-order valence-electron chi connectivity index (χ4n) is 8.90. The maximum atomic E-state index is 12.4. The van der Waals surface area contributed by atoms with Gasteiger partial charge in [-0.2, -0.15) is 11.8 Å². The van der Waals surface area contributed by atoms with E-state index >= 15 is 0 Å². The first-order valence-corrected chi connectivity index (χ1v) is 19.4. The number of hydrogen-bond donors (Lipinski definition) is 6. The Kier molecular flexibility index (Phi) is 12.5. The number of fused-ring (bicyclic) bond motifs is 6. The fraction of sp³-hybridized carbons (Fsp3) is 0.722. The van der Waals surface area contributed by atoms with Crippen molar-refractivity contribution in [1.82, 2.24) is 21.3 Å². The summed E-state index contributed by atoms with van der Waals surface area (Å²) in [7, 11) is 0. The molecule has 3 aliphatic carbocycles. The molecule has 8 atom stereocenters. The van der Waals surface area contributed by atoms with Crippen LogP contribution in [0, 0.1) is 17.3 Å². The summed E-state index contributed by atoms with van der Waals surface area (Å²) in [4.78, 5) is 41.5. The van der Waals surface area contributed by atoms with Crippen LogP contribution in [-0.2, 0) is 23.9 Å². The molecule has 14 heteroatoms. The van der Waals surface area contributed by atoms with Crippen molar-refractivity contribution in [3.63, 3.8) is 0 Å². The summed E-state index contributed by atoms with van der Waals surface area (Å²) in [5.41, 5.74) is 2.71. The van der Waals surface area contributed by atoms with Gasteiger partial charge in [0.25, 0.3) is 5.91 Å². The Balaban J connectivity index is 0.794. The van der Waals surface area contributed by atoms with Crippen molar-refractivity contribution in [2.45, 2.75) is 94.1 Å². The molecule has 2 heterocycles. The van der Waals surface area contributed by atoms with Crippen LogP contribution in [0.5, 0.6) is 5.75 Å². The van der Waals surface area contributed by atoms with Crippen LogP contribution in [-0.4, -0.2) is 109 Å². The van der Waals surface area contributed by atoms with Gasteiger partial charge in [-0.15, -0.1) is 0 Å². The molecule has 0 radical (unpaired) electrons. The molecule has 50 heavy (non-hydrogen) atoms. The molecule has 276 valence electrons. The van der Waals surface area contributed by atoms with Crippen molar-refractivity contribution >= 4 is 35.3 Å². The standard InChI is InChI=1S/C36H53N5O8S/c1-36-11-10-24-23-7-6-22(42)18-26(23)28(19-25(24)27(36)8-9-31(36)43)41-49-20-33(45)38-13-15-48-17-16-47-14-12-37-32(44)5-3-2-4-30-34-29(21-50-30)39-35(46)40-34/h6-7,18,24-25,27,29-31,34,42-43H,2-5,8-17,19-21H2,1H3,(H,37,44)(H,38,45)(H2,39,40,46)/b41-28+/t24-,25-,27+,29+,30+,31?,34+,36+/m1/s1. The molecule has 2 saturated heterocycles. The van der Waals surface area contributed by atoms with Crippen LogP contribution in [0.15, 0.2) is 23.4 Å². The lowest BCUT2D eigenvalue weighted by molar-refractivity contribution is -0.126. The first-order valence-electron chi connectivity index (χ1n) is 18.3. The number of nitrogens with zero attached hydrogens (tertiary/aromatic N) is 1. The average Bonchev–Trinajstić information content (AvgIpc) is 3.75. The minimum absolute atomic E-state index is 0.0156. The molecule has 1 aromatic carbocycles. The number of ether oxygens (including phenoxy) is 2. The second-order valence-corrected chi connectivity index (χ2v) is 15.9. The maximum absolute atomic E-state index is 12.4. The summed E-state index contributed by atoms with van der Waals surface area (Å²) < 4.78 is 11.1. The lowest BCUT2D eigenvalue weighted by Gasteiger charge is -2.50. The van der Waals surface area contributed by atoms with Gasteiger partial charge in [0, 0.05) is 36.1 Å². The summed E-state index contributed by atoms with van der Waals surface area (Å²) >= 11 is 1.89. The number of carbonyl (C=O) groups excluding carboxylic acids is 3. The number of aromatic hydroxyl groups is 1. The minimum Gasteiger partial charge on any atom is -0.508 e. The fourth-order valence-corrected chi connectivity index (χ4v) is 10.4. The van der Waals surface area contributed by atoms with Crippen molar-refractivity contribution in [1.29, 1.82) is 0 Å². The third kappa shape index (κ3) is 8.68. The average molecular weight is 716 g/mol. The topological polar surface area (TPSA) is 180 Å². The number of unbranched alkanes of at least 4 members (excludes halogenated alkanes) is 1. The number of benzene rings is 1. The van der Waals surface area contributed by atoms with Gasteiger partial charge in [0.05, 0.1) is 50.3 Å². The van der Waals surface area contributed by atoms with Crippen LogP contribution in [0.2, 0.25) is 0 Å². The molecule has 6 N–H and O–H groups in total. The van der Waals surface area contributed by atoms with Gasteiger partial charge in [0.15, 0.2) is 6.61 Å². The van der Waals surface area contributed by atoms with Gasteiger partial charge < -0.3 is 45.8 Å². The van der Waals surface area contributed by atoms with E-state index < -0.39 is 0 Å². The number of aliphatic hydroxyl groups excluding tert-OH is 1. The third-order valence-corrected chi connectivity index (χ3v) is 13.0. The SMILES string of the molecule is C[C@]12CC[C@@H]3c4ccc(O)cc4/C(=N/OCC(=O)NCCOCCOCCNC(=O)CCCC[C@@H]4SC[C@@H]5NC(=O)N[C@@H]54)C[C@H]3[C@@H]1CCC2O. The number of rotatable bonds is 17. The van der Waals surface area contributed by atoms with Crippen LogP contribution in [0.25, 0.3) is 0 Å². The Morgan fingerprint density at radius 1 is 1.04 bits per heavy atom. The molecule has 1 aromatic rings. The van der Waals surface area contributed by atoms with E-state index in [4.69, 9.17) is 14.3 Å². The van der Waals surface area contributed by atoms with E-state index in [0.29, 0.717) is 75.4 Å². The van der Waals surface area contributed by atoms with Gasteiger partial charge in [-0.05, 0) is 85.8 Å². The quantitative estimate of drug-likeness (QED) is 0.0804. The summed E-state index contributed by atoms with van der Waals surface area (Å²) in [5, 5.41) is 37.4. The zero-order chi connectivity index (χ0) is 35.1. The third-order valence-electron chi connectivity index (χ3n) is 11.5. The van der Waals surface area contributed by atoms with Crippen LogP contribution in [0.3, 0.4) is 0 Å². The molecular formula is C36H53N5O8S. The second kappa shape index (κ2) is 17.0. The van der Waals surface area contributed by atoms with E-state index in [1.54, 1.807) is 12.1 Å². The van der Waals surface area contributed by atoms with Crippen molar-refractivity contribution in [3.8, 4) is 5.75 Å². The number of nitrogens with one attached hydrogen (secondary N) is 4. The van der Waals surface area contributed by atoms with Gasteiger partial charge in [-0.3, -0.25) is 9.59 Å². The first-order chi connectivity index (χ1) is 24.2. The van der Waals surface area contributed by atoms with Crippen LogP contribution in [0.4, 0.5) is 4.79 Å². The molecule has 4 fully saturated rings. The summed E-state index contributed by atoms with van der Waals surface area (Å²) in [5.74, 6) is 1.94. The smallest absolute Gasteiger partial charge is 0.315 e. The number of urea groups is 1. The highest BCUT2D eigenvalue weighted by Crippen LogP contribution is 2.61. The number of carbonyl (C=O) groups is 3. The largest absolute Gasteiger partial charge is 0.508 e. The summed E-state index contributed by atoms with van der Waals surface area (Å²) in [6.45, 7) is 4.24. The Bertz CT molecular complexity index is 1400. The number of phenolic OH excluding ortho intramolecular Hbond substituents is 1. The van der Waals surface area contributed by atoms with Gasteiger partial charge in [-0.25, -0.2) is 4.79 Å². The van der Waals surface area contributed by atoms with Crippen LogP contribution in [0.1, 0.15) is 81.8 Å². The van der Waals surface area contributed by atoms with Gasteiger partial charge >= 0.3 is 6.03 Å². The molecule has 0 aromatic heterocycles. The highest BCUT2D eigenvalue weighted by atomic mass is 32.2. The van der Waals surface area contributed by atoms with Crippen molar-refractivity contribution in [2.24, 2.45) is 22.4 Å². The number of amides is 4. The molecular weight excluding hydrogens is 662 g/mol. The number of thioether (sulfide) groups is 1. The molecule has 6 rings (SSSR count). The Hall–Kier alpha value is -3.07. The zero-order valence-electron chi connectivity index (χ0n) is 29.0. The van der Waals surface area contributed by atoms with Crippen molar-refractivity contribution in [2.75, 3.05) is 51.9 Å². The Morgan fingerprint density at radius 2 is 1.82 bits per heavy atom. The normalized spacial score (nSPS) is 31.6. The summed E-state index contributed by atoms with van der Waals surface area (Å²) in [6.07, 6.45) is 7.49. The Morgan fingerprint density at radius 3 is 2.62 bits per heavy atom. The highest BCUT2D eigenvalue weighted by Gasteiger charge is 2.55. The number of hydrogen-bond acceptors (Lipinski definition) is 10. The van der Waals surface area contributed by atoms with E-state index in [-0.39, 0.29) is 53.8 Å². The van der Waals surface area contributed by atoms with Crippen molar-refractivity contribution < 1.29 is 38.9 Å². The predicted octanol–water partition coefficient (Wildman–Crippen LogP) is 2.78. The zero-order valence-corrected chi connectivity index (χ0v) is 29.8. The molecule has 2 aliphatic heterocycles. The predicted molar refractivity (Wildman–Crippen MR) is 189 cm³/mol. The molecule has 0 bridgehead atoms. The van der Waals surface area contributed by atoms with E-state index in [9.17, 15) is 24.6 Å². The van der Waals surface area contributed by atoms with Crippen LogP contribution >= 0.6 is 11.8 Å². The number of oxime groups is 1. The lowest BCUT2D eigenvalue weighted by Crippen LogP contribution is -2.45. The van der Waals surface area contributed by atoms with Gasteiger partial charge in [0.1, 0.15) is 5.75 Å². The minimum atomic E-state index is -0.301. The lowest BCUT2D eigenvalue weighted by atomic mass is 9.55. The molecule has 5 aliphatic rings. The highest BCUT2D eigenvalue weighted by molar-refractivity contribution is 8.00. The van der Waals surface area contributed by atoms with Gasteiger partial charge in [0.2, 0.25) is 5.91 Å². The van der Waals surface area contributed by atoms with Crippen molar-refractivity contribution in [3.05, 3.63) is 29.3 Å². The summed E-state index contributed by atoms with van der Waals surface area (Å²) in [6, 6.07) is 5.83. The monoisotopic (exact) mass is 715 g/mol. The molecule has 0 spiro atoms. The molecule has 2 saturated carbocycles. The Labute approximate surface area is 298 Å². The van der Waals surface area contributed by atoms with E-state index in [1.165, 1.54) is 5.56 Å². The first kappa shape index (κ1) is 36.7. The number of phenols is 1. The molecule has 4 amide bonds. The molecule has 1 unspecified atom stereocenters. The molecule has 13 nitrogen and oxygen atoms in total. The van der Waals surface area contributed by atoms with E-state index in [2.05, 4.69) is 33.3 Å². The van der Waals surface area contributed by atoms with Gasteiger partial charge in [-0.1, -0.05) is 24.6 Å². The van der Waals surface area contributed by atoms with E-state index in [0.717, 1.165) is 62.0 Å². The second-order valence-electron chi connectivity index (χ2n) is 14.6. The van der Waals surface area contributed by atoms with E-state index in [1.807, 2.05) is 17.8 Å².